The van der Waals surface area contributed by atoms with Gasteiger partial charge in [0.2, 0.25) is 0 Å². The molecule has 0 heterocycles. The number of hydrogen-bond acceptors (Lipinski definition) is 8. The van der Waals surface area contributed by atoms with Crippen LogP contribution in [0.15, 0.2) is 50.6 Å². The number of hydrogen-bond donors (Lipinski definition) is 0. The van der Waals surface area contributed by atoms with Crippen molar-refractivity contribution in [3.05, 3.63) is 50.6 Å². The van der Waals surface area contributed by atoms with Crippen molar-refractivity contribution in [2.24, 2.45) is 16.7 Å². The van der Waals surface area contributed by atoms with Gasteiger partial charge in [-0.05, 0) is 17.3 Å². The van der Waals surface area contributed by atoms with Crippen molar-refractivity contribution in [3.63, 3.8) is 0 Å². The quantitative estimate of drug-likeness (QED) is 0.221. The summed E-state index contributed by atoms with van der Waals surface area (Å²) in [4.78, 5) is 48.7. The monoisotopic (exact) mass is 478 g/mol. The molecular weight excluding hydrogens is 440 g/mol. The third-order valence-corrected chi connectivity index (χ3v) is 4.86. The van der Waals surface area contributed by atoms with Crippen molar-refractivity contribution in [1.29, 1.82) is 0 Å². The Balaban J connectivity index is 6.80. The first kappa shape index (κ1) is 30.8. The van der Waals surface area contributed by atoms with Crippen molar-refractivity contribution in [2.75, 3.05) is 6.61 Å². The summed E-state index contributed by atoms with van der Waals surface area (Å²) in [5.41, 5.74) is -1.01. The molecule has 8 heteroatoms. The molecule has 8 nitrogen and oxygen atoms in total. The van der Waals surface area contributed by atoms with Gasteiger partial charge in [0.05, 0.1) is 6.61 Å². The minimum atomic E-state index is -1.26. The molecule has 0 aromatic carbocycles. The summed E-state index contributed by atoms with van der Waals surface area (Å²) >= 11 is 0. The van der Waals surface area contributed by atoms with Gasteiger partial charge in [0.1, 0.15) is 12.2 Å². The summed E-state index contributed by atoms with van der Waals surface area (Å²) in [5, 5.41) is 0. The fourth-order valence-electron chi connectivity index (χ4n) is 3.19. The highest BCUT2D eigenvalue weighted by Gasteiger charge is 2.47. The molecule has 0 aliphatic rings. The highest BCUT2D eigenvalue weighted by molar-refractivity contribution is 5.83. The molecule has 0 aromatic heterocycles. The topological polar surface area (TPSA) is 105 Å². The Bertz CT molecular complexity index is 782. The predicted octanol–water partition coefficient (Wildman–Crippen LogP) is 4.11. The normalized spacial score (nSPS) is 14.9. The van der Waals surface area contributed by atoms with E-state index in [0.29, 0.717) is 0 Å². The second kappa shape index (κ2) is 13.5. The molecule has 0 aromatic rings. The van der Waals surface area contributed by atoms with Crippen LogP contribution >= 0.6 is 0 Å². The Morgan fingerprint density at radius 2 is 1.09 bits per heavy atom. The summed E-state index contributed by atoms with van der Waals surface area (Å²) in [6.07, 6.45) is 0.676. The van der Waals surface area contributed by atoms with Gasteiger partial charge in [-0.2, -0.15) is 0 Å². The molecule has 0 aliphatic carbocycles. The van der Waals surface area contributed by atoms with Crippen LogP contribution in [0.25, 0.3) is 0 Å². The summed E-state index contributed by atoms with van der Waals surface area (Å²) in [5.74, 6) is -3.71. The van der Waals surface area contributed by atoms with Gasteiger partial charge < -0.3 is 18.9 Å². The minimum absolute atomic E-state index is 0.191. The van der Waals surface area contributed by atoms with Crippen molar-refractivity contribution < 1.29 is 38.1 Å². The smallest absolute Gasteiger partial charge is 0.330 e. The summed E-state index contributed by atoms with van der Waals surface area (Å²) in [7, 11) is 0. The van der Waals surface area contributed by atoms with E-state index in [-0.39, 0.29) is 18.4 Å². The molecule has 0 spiro atoms. The highest BCUT2D eigenvalue weighted by Crippen LogP contribution is 2.37. The van der Waals surface area contributed by atoms with Gasteiger partial charge in [0.15, 0.2) is 6.10 Å². The standard InChI is InChI=1S/C26H38O8/c1-11-19(27)31-16-17(26(8,9)10)23(33-21(29)13-3)24(34-22(30)14-4)18(15-25(5,6)7)32-20(28)12-2/h11-14,17-18,23-24H,1-4,15-16H2,5-10H3. The Morgan fingerprint density at radius 3 is 1.47 bits per heavy atom. The van der Waals surface area contributed by atoms with Gasteiger partial charge in [-0.3, -0.25) is 0 Å². The van der Waals surface area contributed by atoms with Crippen LogP contribution < -0.4 is 0 Å². The fourth-order valence-corrected chi connectivity index (χ4v) is 3.19. The lowest BCUT2D eigenvalue weighted by atomic mass is 9.74. The Kier molecular flexibility index (Phi) is 12.3. The van der Waals surface area contributed by atoms with E-state index < -0.39 is 53.5 Å². The van der Waals surface area contributed by atoms with E-state index in [1.807, 2.05) is 41.5 Å². The third-order valence-electron chi connectivity index (χ3n) is 4.86. The van der Waals surface area contributed by atoms with Crippen molar-refractivity contribution >= 4 is 23.9 Å². The SMILES string of the molecule is C=CC(=O)OCC(C(OC(=O)C=C)C(OC(=O)C=C)C(CC(C)(C)C)OC(=O)C=C)C(C)(C)C. The maximum absolute atomic E-state index is 12.3. The molecular formula is C26H38O8. The maximum atomic E-state index is 12.3. The van der Waals surface area contributed by atoms with E-state index in [9.17, 15) is 19.2 Å². The second-order valence-electron chi connectivity index (χ2n) is 9.96. The van der Waals surface area contributed by atoms with Gasteiger partial charge in [-0.25, -0.2) is 19.2 Å². The largest absolute Gasteiger partial charge is 0.462 e. The molecule has 190 valence electrons. The predicted molar refractivity (Wildman–Crippen MR) is 128 cm³/mol. The van der Waals surface area contributed by atoms with E-state index in [0.717, 1.165) is 24.3 Å². The van der Waals surface area contributed by atoms with Gasteiger partial charge in [0, 0.05) is 30.2 Å². The summed E-state index contributed by atoms with van der Waals surface area (Å²) in [6.45, 7) is 24.7. The first-order valence-electron chi connectivity index (χ1n) is 10.9. The molecule has 34 heavy (non-hydrogen) atoms. The number of carbonyl (C=O) groups excluding carboxylic acids is 4. The first-order valence-corrected chi connectivity index (χ1v) is 10.9. The lowest BCUT2D eigenvalue weighted by molar-refractivity contribution is -0.193. The zero-order valence-corrected chi connectivity index (χ0v) is 21.1. The van der Waals surface area contributed by atoms with Crippen LogP contribution in [0.2, 0.25) is 0 Å². The molecule has 4 atom stereocenters. The number of rotatable bonds is 13. The zero-order chi connectivity index (χ0) is 26.7. The molecule has 0 fully saturated rings. The number of esters is 4. The molecule has 0 saturated carbocycles. The number of ether oxygens (including phenoxy) is 4. The van der Waals surface area contributed by atoms with Crippen molar-refractivity contribution in [3.8, 4) is 0 Å². The summed E-state index contributed by atoms with van der Waals surface area (Å²) < 4.78 is 22.2. The first-order chi connectivity index (χ1) is 15.6. The average molecular weight is 479 g/mol. The van der Waals surface area contributed by atoms with E-state index in [1.165, 1.54) is 0 Å². The van der Waals surface area contributed by atoms with Crippen LogP contribution in [0.3, 0.4) is 0 Å². The molecule has 0 saturated heterocycles. The van der Waals surface area contributed by atoms with Crippen molar-refractivity contribution in [1.82, 2.24) is 0 Å². The Hall–Kier alpha value is -3.16. The van der Waals surface area contributed by atoms with Crippen LogP contribution in [0, 0.1) is 16.7 Å². The molecule has 4 unspecified atom stereocenters. The molecule has 0 radical (unpaired) electrons. The van der Waals surface area contributed by atoms with Crippen LogP contribution in [-0.4, -0.2) is 48.8 Å². The van der Waals surface area contributed by atoms with Crippen LogP contribution in [-0.2, 0) is 38.1 Å². The Labute approximate surface area is 202 Å². The maximum Gasteiger partial charge on any atom is 0.330 e. The summed E-state index contributed by atoms with van der Waals surface area (Å²) in [6, 6.07) is 0. The second-order valence-corrected chi connectivity index (χ2v) is 9.96. The number of carbonyl (C=O) groups is 4. The van der Waals surface area contributed by atoms with Crippen LogP contribution in [0.5, 0.6) is 0 Å². The fraction of sp³-hybridized carbons (Fsp3) is 0.538. The van der Waals surface area contributed by atoms with Gasteiger partial charge in [-0.1, -0.05) is 67.9 Å². The molecule has 0 bridgehead atoms. The minimum Gasteiger partial charge on any atom is -0.462 e. The molecule has 0 rings (SSSR count). The van der Waals surface area contributed by atoms with Crippen molar-refractivity contribution in [2.45, 2.75) is 66.3 Å². The lowest BCUT2D eigenvalue weighted by Gasteiger charge is -2.42. The zero-order valence-electron chi connectivity index (χ0n) is 21.1. The van der Waals surface area contributed by atoms with Crippen LogP contribution in [0.4, 0.5) is 0 Å². The van der Waals surface area contributed by atoms with Crippen LogP contribution in [0.1, 0.15) is 48.0 Å². The average Bonchev–Trinajstić information content (AvgIpc) is 2.73. The van der Waals surface area contributed by atoms with E-state index in [1.54, 1.807) is 0 Å². The Morgan fingerprint density at radius 1 is 0.676 bits per heavy atom. The lowest BCUT2D eigenvalue weighted by Crippen LogP contribution is -2.53. The molecule has 0 amide bonds. The van der Waals surface area contributed by atoms with Gasteiger partial charge in [0.25, 0.3) is 0 Å². The molecule has 0 aliphatic heterocycles. The van der Waals surface area contributed by atoms with Gasteiger partial charge in [-0.15, -0.1) is 0 Å². The molecule has 0 N–H and O–H groups in total. The van der Waals surface area contributed by atoms with E-state index in [2.05, 4.69) is 26.3 Å². The van der Waals surface area contributed by atoms with E-state index in [4.69, 9.17) is 18.9 Å². The van der Waals surface area contributed by atoms with E-state index >= 15 is 0 Å². The third kappa shape index (κ3) is 11.1. The van der Waals surface area contributed by atoms with Gasteiger partial charge >= 0.3 is 23.9 Å². The highest BCUT2D eigenvalue weighted by atomic mass is 16.6.